The van der Waals surface area contributed by atoms with Gasteiger partial charge < -0.3 is 0 Å². The van der Waals surface area contributed by atoms with Crippen molar-refractivity contribution in [2.24, 2.45) is 11.8 Å². The maximum absolute atomic E-state index is 11.6. The minimum absolute atomic E-state index is 0.0298. The normalized spacial score (nSPS) is 47.8. The zero-order valence-corrected chi connectivity index (χ0v) is 8.88. The van der Waals surface area contributed by atoms with Gasteiger partial charge in [0.15, 0.2) is 0 Å². The standard InChI is InChI=1S/C9H16O3S/c1-3-9-7-4-6(2)8(5-7)12-13(9,10)11/h6-9H,3-5H2,1-2H3. The van der Waals surface area contributed by atoms with E-state index >= 15 is 0 Å². The molecule has 0 aromatic heterocycles. The van der Waals surface area contributed by atoms with Crippen molar-refractivity contribution in [3.63, 3.8) is 0 Å². The minimum atomic E-state index is -3.24. The first-order chi connectivity index (χ1) is 6.04. The van der Waals surface area contributed by atoms with Crippen LogP contribution in [-0.2, 0) is 14.3 Å². The molecule has 2 bridgehead atoms. The molecule has 13 heavy (non-hydrogen) atoms. The Kier molecular flexibility index (Phi) is 2.15. The Hall–Kier alpha value is -0.0900. The summed E-state index contributed by atoms with van der Waals surface area (Å²) >= 11 is 0. The van der Waals surface area contributed by atoms with E-state index in [9.17, 15) is 8.42 Å². The van der Waals surface area contributed by atoms with Crippen molar-refractivity contribution in [3.05, 3.63) is 0 Å². The zero-order valence-electron chi connectivity index (χ0n) is 8.06. The van der Waals surface area contributed by atoms with Gasteiger partial charge in [-0.25, -0.2) is 0 Å². The first-order valence-corrected chi connectivity index (χ1v) is 6.44. The van der Waals surface area contributed by atoms with Gasteiger partial charge in [-0.1, -0.05) is 13.8 Å². The van der Waals surface area contributed by atoms with E-state index in [4.69, 9.17) is 4.18 Å². The molecule has 0 radical (unpaired) electrons. The fourth-order valence-corrected chi connectivity index (χ4v) is 4.57. The Labute approximate surface area is 79.6 Å². The summed E-state index contributed by atoms with van der Waals surface area (Å²) in [6.45, 7) is 4.01. The average molecular weight is 204 g/mol. The monoisotopic (exact) mass is 204 g/mol. The third-order valence-corrected chi connectivity index (χ3v) is 5.38. The summed E-state index contributed by atoms with van der Waals surface area (Å²) in [6, 6.07) is 0. The molecule has 1 aliphatic carbocycles. The first kappa shape index (κ1) is 9.46. The molecule has 2 rings (SSSR count). The topological polar surface area (TPSA) is 43.4 Å². The highest BCUT2D eigenvalue weighted by Gasteiger charge is 2.48. The van der Waals surface area contributed by atoms with Gasteiger partial charge in [-0.05, 0) is 31.1 Å². The van der Waals surface area contributed by atoms with Crippen LogP contribution in [0, 0.1) is 11.8 Å². The summed E-state index contributed by atoms with van der Waals surface area (Å²) in [4.78, 5) is 0. The molecule has 3 nitrogen and oxygen atoms in total. The maximum atomic E-state index is 11.6. The van der Waals surface area contributed by atoms with Crippen LogP contribution in [0.3, 0.4) is 0 Å². The Bertz CT molecular complexity index is 294. The van der Waals surface area contributed by atoms with Gasteiger partial charge in [0.2, 0.25) is 0 Å². The molecular formula is C9H16O3S. The van der Waals surface area contributed by atoms with Crippen molar-refractivity contribution in [3.8, 4) is 0 Å². The molecule has 1 saturated carbocycles. The van der Waals surface area contributed by atoms with Crippen molar-refractivity contribution in [2.45, 2.75) is 44.5 Å². The SMILES string of the molecule is CCC1C2CC(C)C(C2)OS1(=O)=O. The Morgan fingerprint density at radius 1 is 1.38 bits per heavy atom. The van der Waals surface area contributed by atoms with Crippen LogP contribution >= 0.6 is 0 Å². The van der Waals surface area contributed by atoms with E-state index in [1.807, 2.05) is 6.92 Å². The molecule has 0 aromatic carbocycles. The summed E-state index contributed by atoms with van der Waals surface area (Å²) in [5.74, 6) is 0.764. The Morgan fingerprint density at radius 3 is 2.69 bits per heavy atom. The molecule has 1 aliphatic heterocycles. The molecule has 4 atom stereocenters. The molecule has 4 heteroatoms. The van der Waals surface area contributed by atoms with Gasteiger partial charge in [-0.2, -0.15) is 8.42 Å². The predicted molar refractivity (Wildman–Crippen MR) is 49.8 cm³/mol. The summed E-state index contributed by atoms with van der Waals surface area (Å²) in [6.07, 6.45) is 2.62. The summed E-state index contributed by atoms with van der Waals surface area (Å²) in [5.41, 5.74) is 0. The number of rotatable bonds is 1. The van der Waals surface area contributed by atoms with Gasteiger partial charge in [0, 0.05) is 0 Å². The van der Waals surface area contributed by atoms with Gasteiger partial charge in [0.1, 0.15) is 0 Å². The van der Waals surface area contributed by atoms with Crippen LogP contribution in [0.25, 0.3) is 0 Å². The van der Waals surface area contributed by atoms with Crippen LogP contribution in [0.5, 0.6) is 0 Å². The van der Waals surface area contributed by atoms with E-state index < -0.39 is 10.1 Å². The lowest BCUT2D eigenvalue weighted by atomic mass is 10.0. The van der Waals surface area contributed by atoms with Gasteiger partial charge in [0.05, 0.1) is 11.4 Å². The minimum Gasteiger partial charge on any atom is -0.266 e. The first-order valence-electron chi connectivity index (χ1n) is 4.96. The van der Waals surface area contributed by atoms with Crippen molar-refractivity contribution < 1.29 is 12.6 Å². The average Bonchev–Trinajstić information content (AvgIpc) is 2.28. The maximum Gasteiger partial charge on any atom is 0.270 e. The van der Waals surface area contributed by atoms with E-state index in [0.29, 0.717) is 18.3 Å². The molecule has 4 unspecified atom stereocenters. The molecule has 0 spiro atoms. The molecule has 76 valence electrons. The van der Waals surface area contributed by atoms with Crippen LogP contribution in [0.2, 0.25) is 0 Å². The molecule has 1 saturated heterocycles. The second-order valence-corrected chi connectivity index (χ2v) is 6.07. The Morgan fingerprint density at radius 2 is 2.08 bits per heavy atom. The second kappa shape index (κ2) is 2.95. The van der Waals surface area contributed by atoms with Crippen molar-refractivity contribution in [1.82, 2.24) is 0 Å². The van der Waals surface area contributed by atoms with Crippen LogP contribution in [0.1, 0.15) is 33.1 Å². The van der Waals surface area contributed by atoms with Gasteiger partial charge in [0.25, 0.3) is 10.1 Å². The summed E-state index contributed by atoms with van der Waals surface area (Å²) in [5, 5.41) is -0.242. The van der Waals surface area contributed by atoms with E-state index in [1.54, 1.807) is 0 Å². The summed E-state index contributed by atoms with van der Waals surface area (Å²) in [7, 11) is -3.24. The molecule has 0 N–H and O–H groups in total. The van der Waals surface area contributed by atoms with E-state index in [2.05, 4.69) is 6.92 Å². The van der Waals surface area contributed by atoms with E-state index in [1.165, 1.54) is 0 Å². The van der Waals surface area contributed by atoms with Crippen LogP contribution in [0.4, 0.5) is 0 Å². The molecule has 0 aromatic rings. The summed E-state index contributed by atoms with van der Waals surface area (Å²) < 4.78 is 28.3. The highest BCUT2D eigenvalue weighted by atomic mass is 32.2. The third-order valence-electron chi connectivity index (χ3n) is 3.40. The fourth-order valence-electron chi connectivity index (χ4n) is 2.71. The van der Waals surface area contributed by atoms with E-state index in [0.717, 1.165) is 12.8 Å². The van der Waals surface area contributed by atoms with E-state index in [-0.39, 0.29) is 11.4 Å². The highest BCUT2D eigenvalue weighted by molar-refractivity contribution is 7.87. The molecule has 0 amide bonds. The van der Waals surface area contributed by atoms with Crippen LogP contribution < -0.4 is 0 Å². The van der Waals surface area contributed by atoms with Crippen LogP contribution in [-0.4, -0.2) is 19.8 Å². The fraction of sp³-hybridized carbons (Fsp3) is 1.00. The second-order valence-electron chi connectivity index (χ2n) is 4.28. The third kappa shape index (κ3) is 1.40. The van der Waals surface area contributed by atoms with Gasteiger partial charge in [-0.15, -0.1) is 0 Å². The highest BCUT2D eigenvalue weighted by Crippen LogP contribution is 2.44. The zero-order chi connectivity index (χ0) is 9.64. The van der Waals surface area contributed by atoms with Gasteiger partial charge >= 0.3 is 0 Å². The smallest absolute Gasteiger partial charge is 0.266 e. The van der Waals surface area contributed by atoms with Gasteiger partial charge in [-0.3, -0.25) is 4.18 Å². The van der Waals surface area contributed by atoms with Crippen molar-refractivity contribution in [2.75, 3.05) is 0 Å². The van der Waals surface area contributed by atoms with Crippen molar-refractivity contribution >= 4 is 10.1 Å². The lowest BCUT2D eigenvalue weighted by Crippen LogP contribution is -2.36. The Balaban J connectivity index is 2.30. The number of hydrogen-bond acceptors (Lipinski definition) is 3. The largest absolute Gasteiger partial charge is 0.270 e. The van der Waals surface area contributed by atoms with Crippen LogP contribution in [0.15, 0.2) is 0 Å². The molecule has 1 heterocycles. The molecular weight excluding hydrogens is 188 g/mol. The number of fused-ring (bicyclic) bond motifs is 2. The lowest BCUT2D eigenvalue weighted by Gasteiger charge is -2.27. The lowest BCUT2D eigenvalue weighted by molar-refractivity contribution is 0.156. The quantitative estimate of drug-likeness (QED) is 0.608. The molecule has 2 fully saturated rings. The van der Waals surface area contributed by atoms with Crippen molar-refractivity contribution in [1.29, 1.82) is 0 Å². The number of hydrogen-bond donors (Lipinski definition) is 0. The predicted octanol–water partition coefficient (Wildman–Crippen LogP) is 1.54. The molecule has 2 aliphatic rings.